The molecule has 1 N–H and O–H groups in total. The number of hydrogen-bond donors (Lipinski definition) is 1. The van der Waals surface area contributed by atoms with Crippen molar-refractivity contribution in [3.05, 3.63) is 71.3 Å². The van der Waals surface area contributed by atoms with Crippen molar-refractivity contribution in [3.8, 4) is 0 Å². The van der Waals surface area contributed by atoms with Gasteiger partial charge in [0, 0.05) is 39.9 Å². The lowest BCUT2D eigenvalue weighted by Gasteiger charge is -2.23. The molecule has 31 heavy (non-hydrogen) atoms. The van der Waals surface area contributed by atoms with Crippen LogP contribution < -0.4 is 5.32 Å². The quantitative estimate of drug-likeness (QED) is 0.542. The maximum absolute atomic E-state index is 6.08. The summed E-state index contributed by atoms with van der Waals surface area (Å²) in [6, 6.07) is 19.5. The third kappa shape index (κ3) is 6.55. The molecule has 2 aromatic carbocycles. The summed E-state index contributed by atoms with van der Waals surface area (Å²) in [6.07, 6.45) is 4.68. The zero-order valence-electron chi connectivity index (χ0n) is 18.6. The van der Waals surface area contributed by atoms with E-state index in [1.165, 1.54) is 23.1 Å². The molecule has 0 aromatic heterocycles. The fourth-order valence-electron chi connectivity index (χ4n) is 4.54. The van der Waals surface area contributed by atoms with Crippen molar-refractivity contribution >= 4 is 5.96 Å². The van der Waals surface area contributed by atoms with Crippen LogP contribution in [0, 0.1) is 5.92 Å². The van der Waals surface area contributed by atoms with Gasteiger partial charge < -0.3 is 19.7 Å². The zero-order chi connectivity index (χ0) is 21.3. The highest BCUT2D eigenvalue weighted by molar-refractivity contribution is 5.80. The second kappa shape index (κ2) is 11.3. The summed E-state index contributed by atoms with van der Waals surface area (Å²) in [4.78, 5) is 6.94. The summed E-state index contributed by atoms with van der Waals surface area (Å²) >= 11 is 0. The van der Waals surface area contributed by atoms with Crippen LogP contribution in [0.25, 0.3) is 0 Å². The maximum Gasteiger partial charge on any atom is 0.193 e. The molecule has 2 fully saturated rings. The minimum atomic E-state index is 0.327. The predicted molar refractivity (Wildman–Crippen MR) is 125 cm³/mol. The molecule has 0 spiro atoms. The average molecular weight is 422 g/mol. The van der Waals surface area contributed by atoms with Crippen molar-refractivity contribution in [1.29, 1.82) is 0 Å². The Kier molecular flexibility index (Phi) is 7.97. The summed E-state index contributed by atoms with van der Waals surface area (Å²) < 4.78 is 11.5. The summed E-state index contributed by atoms with van der Waals surface area (Å²) in [5.74, 6) is 1.69. The van der Waals surface area contributed by atoms with Crippen LogP contribution in [0.5, 0.6) is 0 Å². The fourth-order valence-corrected chi connectivity index (χ4v) is 4.54. The number of rotatable bonds is 7. The van der Waals surface area contributed by atoms with E-state index in [-0.39, 0.29) is 0 Å². The minimum Gasteiger partial charge on any atom is -0.381 e. The van der Waals surface area contributed by atoms with Gasteiger partial charge >= 0.3 is 0 Å². The fraction of sp³-hybridized carbons (Fsp3) is 0.500. The summed E-state index contributed by atoms with van der Waals surface area (Å²) in [7, 11) is 1.88. The van der Waals surface area contributed by atoms with Gasteiger partial charge in [-0.25, -0.2) is 0 Å². The molecule has 5 heteroatoms. The van der Waals surface area contributed by atoms with E-state index >= 15 is 0 Å². The molecule has 2 saturated heterocycles. The van der Waals surface area contributed by atoms with Crippen molar-refractivity contribution in [2.75, 3.05) is 33.4 Å². The van der Waals surface area contributed by atoms with Gasteiger partial charge in [-0.15, -0.1) is 0 Å². The van der Waals surface area contributed by atoms with Gasteiger partial charge in [-0.05, 0) is 48.3 Å². The van der Waals surface area contributed by atoms with Crippen molar-refractivity contribution in [1.82, 2.24) is 10.2 Å². The molecular formula is C26H35N3O2. The lowest BCUT2D eigenvalue weighted by Crippen LogP contribution is -2.39. The van der Waals surface area contributed by atoms with Crippen LogP contribution in [0.2, 0.25) is 0 Å². The van der Waals surface area contributed by atoms with Crippen molar-refractivity contribution < 1.29 is 9.47 Å². The number of hydrogen-bond acceptors (Lipinski definition) is 3. The van der Waals surface area contributed by atoms with Gasteiger partial charge in [0.15, 0.2) is 5.96 Å². The first-order valence-electron chi connectivity index (χ1n) is 11.6. The molecule has 0 amide bonds. The SMILES string of the molecule is CN=C(NCc1cccc(COC2CCOCC2)c1)N1CCC(Cc2ccccc2)C1. The highest BCUT2D eigenvalue weighted by Gasteiger charge is 2.25. The van der Waals surface area contributed by atoms with Crippen molar-refractivity contribution in [2.24, 2.45) is 10.9 Å². The van der Waals surface area contributed by atoms with Crippen molar-refractivity contribution in [2.45, 2.75) is 44.9 Å². The van der Waals surface area contributed by atoms with Gasteiger partial charge in [0.25, 0.3) is 0 Å². The van der Waals surface area contributed by atoms with Crippen molar-refractivity contribution in [3.63, 3.8) is 0 Å². The first-order valence-corrected chi connectivity index (χ1v) is 11.6. The third-order valence-electron chi connectivity index (χ3n) is 6.26. The highest BCUT2D eigenvalue weighted by Crippen LogP contribution is 2.21. The molecule has 5 nitrogen and oxygen atoms in total. The van der Waals surface area contributed by atoms with E-state index < -0.39 is 0 Å². The Labute approximate surface area is 186 Å². The van der Waals surface area contributed by atoms with E-state index in [2.05, 4.69) is 69.8 Å². The third-order valence-corrected chi connectivity index (χ3v) is 6.26. The van der Waals surface area contributed by atoms with Gasteiger partial charge in [0.05, 0.1) is 12.7 Å². The Morgan fingerprint density at radius 1 is 1.03 bits per heavy atom. The minimum absolute atomic E-state index is 0.327. The van der Waals surface area contributed by atoms with Crippen LogP contribution in [0.15, 0.2) is 59.6 Å². The van der Waals surface area contributed by atoms with E-state index in [4.69, 9.17) is 9.47 Å². The normalized spacial score (nSPS) is 20.2. The van der Waals surface area contributed by atoms with Crippen LogP contribution in [0.4, 0.5) is 0 Å². The zero-order valence-corrected chi connectivity index (χ0v) is 18.6. The summed E-state index contributed by atoms with van der Waals surface area (Å²) in [5.41, 5.74) is 3.91. The molecule has 2 aliphatic rings. The number of likely N-dealkylation sites (tertiary alicyclic amines) is 1. The number of nitrogens with zero attached hydrogens (tertiary/aromatic N) is 2. The lowest BCUT2D eigenvalue weighted by molar-refractivity contribution is -0.0390. The Balaban J connectivity index is 1.25. The second-order valence-electron chi connectivity index (χ2n) is 8.63. The molecule has 2 aliphatic heterocycles. The average Bonchev–Trinajstić information content (AvgIpc) is 3.28. The molecule has 0 saturated carbocycles. The second-order valence-corrected chi connectivity index (χ2v) is 8.63. The Bertz CT molecular complexity index is 834. The molecule has 0 radical (unpaired) electrons. The number of nitrogens with one attached hydrogen (secondary N) is 1. The number of guanidine groups is 1. The maximum atomic E-state index is 6.08. The van der Waals surface area contributed by atoms with Crippen LogP contribution >= 0.6 is 0 Å². The van der Waals surface area contributed by atoms with E-state index in [0.717, 1.165) is 58.1 Å². The first kappa shape index (κ1) is 21.8. The molecular weight excluding hydrogens is 386 g/mol. The highest BCUT2D eigenvalue weighted by atomic mass is 16.5. The van der Waals surface area contributed by atoms with Crippen LogP contribution in [0.1, 0.15) is 36.0 Å². The smallest absolute Gasteiger partial charge is 0.193 e. The van der Waals surface area contributed by atoms with Crippen LogP contribution in [0.3, 0.4) is 0 Å². The van der Waals surface area contributed by atoms with E-state index in [0.29, 0.717) is 18.6 Å². The number of benzene rings is 2. The van der Waals surface area contributed by atoms with Gasteiger partial charge in [0.2, 0.25) is 0 Å². The molecule has 2 aromatic rings. The first-order chi connectivity index (χ1) is 15.3. The van der Waals surface area contributed by atoms with E-state index in [9.17, 15) is 0 Å². The van der Waals surface area contributed by atoms with Gasteiger partial charge in [-0.3, -0.25) is 4.99 Å². The lowest BCUT2D eigenvalue weighted by atomic mass is 9.99. The van der Waals surface area contributed by atoms with Gasteiger partial charge in [0.1, 0.15) is 0 Å². The Morgan fingerprint density at radius 2 is 1.81 bits per heavy atom. The standard InChI is InChI=1S/C26H35N3O2/c1-27-26(29-13-10-23(19-29)16-21-6-3-2-4-7-21)28-18-22-8-5-9-24(17-22)20-31-25-11-14-30-15-12-25/h2-9,17,23,25H,10-16,18-20H2,1H3,(H,27,28). The molecule has 0 aliphatic carbocycles. The van der Waals surface area contributed by atoms with Gasteiger partial charge in [-0.1, -0.05) is 54.6 Å². The molecule has 166 valence electrons. The Morgan fingerprint density at radius 3 is 2.61 bits per heavy atom. The molecule has 4 rings (SSSR count). The molecule has 1 atom stereocenters. The van der Waals surface area contributed by atoms with Crippen LogP contribution in [-0.4, -0.2) is 50.3 Å². The van der Waals surface area contributed by atoms with Gasteiger partial charge in [-0.2, -0.15) is 0 Å². The molecule has 2 heterocycles. The predicted octanol–water partition coefficient (Wildman–Crippen LogP) is 4.02. The largest absolute Gasteiger partial charge is 0.381 e. The summed E-state index contributed by atoms with van der Waals surface area (Å²) in [5, 5.41) is 3.56. The Hall–Kier alpha value is -2.37. The molecule has 0 bridgehead atoms. The number of ether oxygens (including phenoxy) is 2. The van der Waals surface area contributed by atoms with Crippen LogP contribution in [-0.2, 0) is 29.0 Å². The molecule has 1 unspecified atom stereocenters. The monoisotopic (exact) mass is 421 g/mol. The van der Waals surface area contributed by atoms with E-state index in [1.807, 2.05) is 7.05 Å². The topological polar surface area (TPSA) is 46.1 Å². The van der Waals surface area contributed by atoms with E-state index in [1.54, 1.807) is 0 Å². The summed E-state index contributed by atoms with van der Waals surface area (Å²) in [6.45, 7) is 5.20. The number of aliphatic imine (C=N–C) groups is 1.